The molecule has 4 nitrogen and oxygen atoms in total. The minimum absolute atomic E-state index is 0.0485. The van der Waals surface area contributed by atoms with Gasteiger partial charge < -0.3 is 5.73 Å². The van der Waals surface area contributed by atoms with Crippen molar-refractivity contribution in [3.8, 4) is 0 Å². The molecule has 0 aliphatic heterocycles. The topological polar surface area (TPSA) is 72.2 Å². The van der Waals surface area contributed by atoms with Gasteiger partial charge in [0.05, 0.1) is 5.69 Å². The fourth-order valence-electron chi connectivity index (χ4n) is 1.61. The van der Waals surface area contributed by atoms with Crippen molar-refractivity contribution in [3.05, 3.63) is 52.8 Å². The summed E-state index contributed by atoms with van der Waals surface area (Å²) in [7, 11) is -4.68. The molecule has 2 aromatic rings. The summed E-state index contributed by atoms with van der Waals surface area (Å²) in [5.41, 5.74) is 4.39. The minimum atomic E-state index is -4.68. The molecule has 2 aromatic carbocycles. The lowest BCUT2D eigenvalue weighted by atomic mass is 10.3. The lowest BCUT2D eigenvalue weighted by molar-refractivity contribution is 0.522. The van der Waals surface area contributed by atoms with Crippen LogP contribution in [0.3, 0.4) is 0 Å². The number of hydrogen-bond donors (Lipinski definition) is 2. The van der Waals surface area contributed by atoms with Gasteiger partial charge in [-0.2, -0.15) is 0 Å². The molecule has 0 spiro atoms. The van der Waals surface area contributed by atoms with Crippen LogP contribution in [-0.2, 0) is 10.0 Å². The number of hydrogen-bond acceptors (Lipinski definition) is 3. The summed E-state index contributed by atoms with van der Waals surface area (Å²) < 4.78 is 66.4. The molecule has 0 radical (unpaired) electrons. The molecule has 0 bridgehead atoms. The molecule has 0 amide bonds. The van der Waals surface area contributed by atoms with Crippen LogP contribution in [0.1, 0.15) is 0 Å². The molecule has 3 N–H and O–H groups in total. The highest BCUT2D eigenvalue weighted by Crippen LogP contribution is 2.26. The van der Waals surface area contributed by atoms with E-state index in [0.717, 1.165) is 12.1 Å². The molecule has 0 aromatic heterocycles. The highest BCUT2D eigenvalue weighted by Gasteiger charge is 2.25. The van der Waals surface area contributed by atoms with Crippen LogP contribution >= 0.6 is 11.6 Å². The van der Waals surface area contributed by atoms with Crippen LogP contribution < -0.4 is 10.5 Å². The Morgan fingerprint density at radius 3 is 2.14 bits per heavy atom. The van der Waals surface area contributed by atoms with Gasteiger partial charge in [-0.3, -0.25) is 4.72 Å². The maximum atomic E-state index is 13.6. The second-order valence-electron chi connectivity index (χ2n) is 4.04. The van der Waals surface area contributed by atoms with Crippen LogP contribution in [0, 0.1) is 17.5 Å². The predicted molar refractivity (Wildman–Crippen MR) is 73.0 cm³/mol. The molecule has 0 saturated carbocycles. The van der Waals surface area contributed by atoms with Crippen molar-refractivity contribution in [3.63, 3.8) is 0 Å². The fraction of sp³-hybridized carbons (Fsp3) is 0. The average Bonchev–Trinajstić information content (AvgIpc) is 2.31. The summed E-state index contributed by atoms with van der Waals surface area (Å²) >= 11 is 5.61. The Morgan fingerprint density at radius 1 is 1.00 bits per heavy atom. The number of nitrogens with one attached hydrogen (secondary N) is 1. The SMILES string of the molecule is Nc1cc(F)c(S(=O)(=O)Nc2cc(Cl)ccc2F)c(F)c1. The second-order valence-corrected chi connectivity index (χ2v) is 6.10. The van der Waals surface area contributed by atoms with Crippen LogP contribution in [0.25, 0.3) is 0 Å². The lowest BCUT2D eigenvalue weighted by Gasteiger charge is -2.11. The van der Waals surface area contributed by atoms with Gasteiger partial charge in [0.25, 0.3) is 10.0 Å². The number of anilines is 2. The fourth-order valence-corrected chi connectivity index (χ4v) is 2.96. The first-order chi connectivity index (χ1) is 9.70. The van der Waals surface area contributed by atoms with Gasteiger partial charge in [-0.15, -0.1) is 0 Å². The third kappa shape index (κ3) is 3.22. The molecular formula is C12H8ClF3N2O2S. The molecular weight excluding hydrogens is 329 g/mol. The molecule has 9 heteroatoms. The van der Waals surface area contributed by atoms with Crippen molar-refractivity contribution < 1.29 is 21.6 Å². The standard InChI is InChI=1S/C12H8ClF3N2O2S/c13-6-1-2-8(14)11(3-6)18-21(19,20)12-9(15)4-7(17)5-10(12)16/h1-5,18H,17H2. The summed E-state index contributed by atoms with van der Waals surface area (Å²) in [5.74, 6) is -3.72. The zero-order valence-corrected chi connectivity index (χ0v) is 11.8. The van der Waals surface area contributed by atoms with E-state index in [0.29, 0.717) is 12.1 Å². The van der Waals surface area contributed by atoms with E-state index >= 15 is 0 Å². The number of benzene rings is 2. The zero-order chi connectivity index (χ0) is 15.8. The molecule has 0 fully saturated rings. The number of sulfonamides is 1. The zero-order valence-electron chi connectivity index (χ0n) is 10.2. The normalized spacial score (nSPS) is 11.4. The summed E-state index contributed by atoms with van der Waals surface area (Å²) in [5, 5.41) is 0.0485. The number of rotatable bonds is 3. The largest absolute Gasteiger partial charge is 0.399 e. The number of nitrogen functional groups attached to an aromatic ring is 1. The van der Waals surface area contributed by atoms with Crippen LogP contribution in [0.5, 0.6) is 0 Å². The van der Waals surface area contributed by atoms with Gasteiger partial charge in [-0.1, -0.05) is 11.6 Å². The van der Waals surface area contributed by atoms with Crippen molar-refractivity contribution in [2.24, 2.45) is 0 Å². The molecule has 2 rings (SSSR count). The number of halogens is 4. The summed E-state index contributed by atoms with van der Waals surface area (Å²) in [6, 6.07) is 4.37. The van der Waals surface area contributed by atoms with E-state index in [1.54, 1.807) is 4.72 Å². The van der Waals surface area contributed by atoms with Crippen LogP contribution in [0.15, 0.2) is 35.2 Å². The quantitative estimate of drug-likeness (QED) is 0.846. The van der Waals surface area contributed by atoms with Gasteiger partial charge >= 0.3 is 0 Å². The Balaban J connectivity index is 2.51. The highest BCUT2D eigenvalue weighted by molar-refractivity contribution is 7.92. The third-order valence-corrected chi connectivity index (χ3v) is 4.11. The average molecular weight is 337 g/mol. The smallest absolute Gasteiger partial charge is 0.267 e. The van der Waals surface area contributed by atoms with Gasteiger partial charge in [-0.05, 0) is 30.3 Å². The summed E-state index contributed by atoms with van der Waals surface area (Å²) in [6.45, 7) is 0. The van der Waals surface area contributed by atoms with Crippen LogP contribution in [-0.4, -0.2) is 8.42 Å². The van der Waals surface area contributed by atoms with Gasteiger partial charge in [0.15, 0.2) is 4.90 Å². The Morgan fingerprint density at radius 2 is 1.57 bits per heavy atom. The van der Waals surface area contributed by atoms with Crippen LogP contribution in [0.2, 0.25) is 5.02 Å². The first kappa shape index (κ1) is 15.5. The van der Waals surface area contributed by atoms with E-state index in [2.05, 4.69) is 0 Å². The molecule has 112 valence electrons. The minimum Gasteiger partial charge on any atom is -0.399 e. The first-order valence-electron chi connectivity index (χ1n) is 5.43. The molecule has 21 heavy (non-hydrogen) atoms. The lowest BCUT2D eigenvalue weighted by Crippen LogP contribution is -2.17. The molecule has 0 saturated heterocycles. The monoisotopic (exact) mass is 336 g/mol. The Labute approximate surface area is 123 Å². The van der Waals surface area contributed by atoms with Crippen molar-refractivity contribution >= 4 is 33.0 Å². The first-order valence-corrected chi connectivity index (χ1v) is 7.29. The van der Waals surface area contributed by atoms with E-state index in [1.807, 2.05) is 0 Å². The van der Waals surface area contributed by atoms with Gasteiger partial charge in [0.2, 0.25) is 0 Å². The van der Waals surface area contributed by atoms with E-state index in [9.17, 15) is 21.6 Å². The molecule has 0 heterocycles. The maximum Gasteiger partial charge on any atom is 0.267 e. The van der Waals surface area contributed by atoms with Gasteiger partial charge in [-0.25, -0.2) is 21.6 Å². The van der Waals surface area contributed by atoms with Crippen molar-refractivity contribution in [2.75, 3.05) is 10.5 Å². The van der Waals surface area contributed by atoms with Gasteiger partial charge in [0, 0.05) is 10.7 Å². The van der Waals surface area contributed by atoms with Crippen molar-refractivity contribution in [2.45, 2.75) is 4.90 Å². The second kappa shape index (κ2) is 5.45. The van der Waals surface area contributed by atoms with E-state index in [-0.39, 0.29) is 10.7 Å². The third-order valence-electron chi connectivity index (χ3n) is 2.46. The molecule has 0 atom stereocenters. The summed E-state index contributed by atoms with van der Waals surface area (Å²) in [6.07, 6.45) is 0. The maximum absolute atomic E-state index is 13.6. The van der Waals surface area contributed by atoms with Gasteiger partial charge in [0.1, 0.15) is 17.5 Å². The van der Waals surface area contributed by atoms with E-state index in [4.69, 9.17) is 17.3 Å². The molecule has 0 aliphatic rings. The Bertz CT molecular complexity index is 789. The molecule has 0 aliphatic carbocycles. The Hall–Kier alpha value is -1.93. The van der Waals surface area contributed by atoms with E-state index < -0.39 is 38.1 Å². The molecule has 0 unspecified atom stereocenters. The van der Waals surface area contributed by atoms with E-state index in [1.165, 1.54) is 6.07 Å². The highest BCUT2D eigenvalue weighted by atomic mass is 35.5. The predicted octanol–water partition coefficient (Wildman–Crippen LogP) is 3.14. The summed E-state index contributed by atoms with van der Waals surface area (Å²) in [4.78, 5) is -1.25. The number of nitrogens with two attached hydrogens (primary N) is 1. The van der Waals surface area contributed by atoms with Crippen molar-refractivity contribution in [1.82, 2.24) is 0 Å². The Kier molecular flexibility index (Phi) is 4.02. The van der Waals surface area contributed by atoms with Crippen LogP contribution in [0.4, 0.5) is 24.5 Å². The van der Waals surface area contributed by atoms with Crippen molar-refractivity contribution in [1.29, 1.82) is 0 Å².